The predicted octanol–water partition coefficient (Wildman–Crippen LogP) is -1.97. The van der Waals surface area contributed by atoms with Gasteiger partial charge < -0.3 is 38.3 Å². The third-order valence-electron chi connectivity index (χ3n) is 5.05. The molecule has 0 fully saturated rings. The maximum absolute atomic E-state index is 13.0. The fourth-order valence-electron chi connectivity index (χ4n) is 3.13. The summed E-state index contributed by atoms with van der Waals surface area (Å²) in [5, 5.41) is 16.9. The van der Waals surface area contributed by atoms with Crippen LogP contribution in [0.1, 0.15) is 31.2 Å². The summed E-state index contributed by atoms with van der Waals surface area (Å²) in [6.45, 7) is 0.357. The van der Waals surface area contributed by atoms with Crippen LogP contribution in [-0.2, 0) is 30.4 Å². The number of carboxylic acid groups (broad SMARTS) is 1. The number of carbonyl (C=O) groups is 5. The van der Waals surface area contributed by atoms with Crippen LogP contribution in [0.2, 0.25) is 0 Å². The van der Waals surface area contributed by atoms with Gasteiger partial charge in [0, 0.05) is 12.2 Å². The Labute approximate surface area is 209 Å². The highest BCUT2D eigenvalue weighted by molar-refractivity contribution is 7.80. The molecule has 0 aliphatic carbocycles. The smallest absolute Gasteiger partial charge is 0.326 e. The van der Waals surface area contributed by atoms with Crippen molar-refractivity contribution in [2.45, 2.75) is 56.3 Å². The van der Waals surface area contributed by atoms with Crippen LogP contribution in [-0.4, -0.2) is 71.2 Å². The van der Waals surface area contributed by atoms with Crippen LogP contribution in [0.5, 0.6) is 0 Å². The van der Waals surface area contributed by atoms with Crippen LogP contribution in [0.3, 0.4) is 0 Å². The molecule has 0 aliphatic rings. The molecular formula is C22H34N6O6S. The summed E-state index contributed by atoms with van der Waals surface area (Å²) in [7, 11) is 0. The van der Waals surface area contributed by atoms with Crippen molar-refractivity contribution in [3.63, 3.8) is 0 Å². The Morgan fingerprint density at radius 2 is 1.46 bits per heavy atom. The van der Waals surface area contributed by atoms with Crippen LogP contribution in [0.25, 0.3) is 0 Å². The molecule has 4 amide bonds. The molecule has 4 unspecified atom stereocenters. The van der Waals surface area contributed by atoms with Gasteiger partial charge in [-0.2, -0.15) is 12.6 Å². The van der Waals surface area contributed by atoms with Gasteiger partial charge in [-0.1, -0.05) is 30.3 Å². The first-order valence-corrected chi connectivity index (χ1v) is 11.7. The molecule has 1 rings (SSSR count). The topological polar surface area (TPSA) is 220 Å². The normalized spacial score (nSPS) is 14.1. The Balaban J connectivity index is 3.00. The predicted molar refractivity (Wildman–Crippen MR) is 132 cm³/mol. The summed E-state index contributed by atoms with van der Waals surface area (Å²) >= 11 is 3.92. The minimum atomic E-state index is -1.38. The van der Waals surface area contributed by atoms with Crippen molar-refractivity contribution in [1.29, 1.82) is 0 Å². The number of benzene rings is 1. The SMILES string of the molecule is NCCCCC(NC(=O)C(CC(N)=O)NC(=O)C(N)CS)C(=O)NC(Cc1ccccc1)C(=O)O. The highest BCUT2D eigenvalue weighted by atomic mass is 32.1. The number of primary amides is 1. The van der Waals surface area contributed by atoms with Crippen LogP contribution in [0, 0.1) is 0 Å². The van der Waals surface area contributed by atoms with Crippen LogP contribution >= 0.6 is 12.6 Å². The third kappa shape index (κ3) is 11.2. The van der Waals surface area contributed by atoms with E-state index < -0.39 is 60.2 Å². The first kappa shape index (κ1) is 29.9. The highest BCUT2D eigenvalue weighted by Crippen LogP contribution is 2.07. The molecule has 10 N–H and O–H groups in total. The molecule has 0 aromatic heterocycles. The molecule has 0 radical (unpaired) electrons. The average molecular weight is 511 g/mol. The average Bonchev–Trinajstić information content (AvgIpc) is 2.82. The van der Waals surface area contributed by atoms with E-state index in [4.69, 9.17) is 17.2 Å². The third-order valence-corrected chi connectivity index (χ3v) is 5.44. The van der Waals surface area contributed by atoms with Gasteiger partial charge in [-0.3, -0.25) is 19.2 Å². The van der Waals surface area contributed by atoms with E-state index in [2.05, 4.69) is 28.6 Å². The molecule has 0 aliphatic heterocycles. The van der Waals surface area contributed by atoms with E-state index in [0.717, 1.165) is 0 Å². The van der Waals surface area contributed by atoms with Gasteiger partial charge in [-0.25, -0.2) is 4.79 Å². The zero-order chi connectivity index (χ0) is 26.4. The number of carbonyl (C=O) groups excluding carboxylic acids is 4. The molecule has 12 nitrogen and oxygen atoms in total. The minimum absolute atomic E-state index is 0.00114. The lowest BCUT2D eigenvalue weighted by atomic mass is 10.0. The van der Waals surface area contributed by atoms with Crippen molar-refractivity contribution < 1.29 is 29.1 Å². The molecule has 0 heterocycles. The Morgan fingerprint density at radius 1 is 0.886 bits per heavy atom. The summed E-state index contributed by atoms with van der Waals surface area (Å²) in [6.07, 6.45) is 0.680. The van der Waals surface area contributed by atoms with Gasteiger partial charge in [0.1, 0.15) is 18.1 Å². The minimum Gasteiger partial charge on any atom is -0.480 e. The molecule has 35 heavy (non-hydrogen) atoms. The van der Waals surface area contributed by atoms with Crippen molar-refractivity contribution >= 4 is 42.2 Å². The number of rotatable bonds is 16. The molecule has 0 saturated carbocycles. The number of nitrogens with two attached hydrogens (primary N) is 3. The Bertz CT molecular complexity index is 871. The van der Waals surface area contributed by atoms with E-state index in [1.54, 1.807) is 30.3 Å². The van der Waals surface area contributed by atoms with Crippen LogP contribution < -0.4 is 33.2 Å². The van der Waals surface area contributed by atoms with Crippen molar-refractivity contribution in [2.24, 2.45) is 17.2 Å². The van der Waals surface area contributed by atoms with Crippen molar-refractivity contribution in [3.05, 3.63) is 35.9 Å². The zero-order valence-corrected chi connectivity index (χ0v) is 20.2. The fraction of sp³-hybridized carbons (Fsp3) is 0.500. The van der Waals surface area contributed by atoms with Gasteiger partial charge in [-0.15, -0.1) is 0 Å². The van der Waals surface area contributed by atoms with Crippen molar-refractivity contribution in [3.8, 4) is 0 Å². The summed E-state index contributed by atoms with van der Waals surface area (Å²) < 4.78 is 0. The summed E-state index contributed by atoms with van der Waals surface area (Å²) in [4.78, 5) is 61.2. The summed E-state index contributed by atoms with van der Waals surface area (Å²) in [5.74, 6) is -4.39. The highest BCUT2D eigenvalue weighted by Gasteiger charge is 2.30. The number of nitrogens with one attached hydrogen (secondary N) is 3. The monoisotopic (exact) mass is 510 g/mol. The number of hydrogen-bond donors (Lipinski definition) is 8. The quantitative estimate of drug-likeness (QED) is 0.0918. The first-order chi connectivity index (χ1) is 16.6. The van der Waals surface area contributed by atoms with Gasteiger partial charge in [-0.05, 0) is 31.4 Å². The number of aliphatic carboxylic acids is 1. The largest absolute Gasteiger partial charge is 0.480 e. The number of amides is 4. The Hall–Kier alpha value is -3.16. The lowest BCUT2D eigenvalue weighted by molar-refractivity contribution is -0.142. The second-order valence-corrected chi connectivity index (χ2v) is 8.32. The van der Waals surface area contributed by atoms with Crippen LogP contribution in [0.15, 0.2) is 30.3 Å². The van der Waals surface area contributed by atoms with Gasteiger partial charge in [0.05, 0.1) is 12.5 Å². The molecule has 1 aromatic carbocycles. The van der Waals surface area contributed by atoms with E-state index in [1.165, 1.54) is 0 Å². The van der Waals surface area contributed by atoms with E-state index >= 15 is 0 Å². The molecule has 0 bridgehead atoms. The Morgan fingerprint density at radius 3 is 2.00 bits per heavy atom. The fourth-order valence-corrected chi connectivity index (χ4v) is 3.29. The lowest BCUT2D eigenvalue weighted by Crippen LogP contribution is -2.58. The second-order valence-electron chi connectivity index (χ2n) is 7.96. The summed E-state index contributed by atoms with van der Waals surface area (Å²) in [5.41, 5.74) is 17.0. The standard InChI is InChI=1S/C22H34N6O6S/c23-9-5-4-8-15(20(31)28-17(22(33)34)10-13-6-2-1-3-7-13)26-21(32)16(11-18(25)29)27-19(30)14(24)12-35/h1-3,6-7,14-17,35H,4-5,8-12,23-24H2,(H2,25,29)(H,26,32)(H,27,30)(H,28,31)(H,33,34). The Kier molecular flexibility index (Phi) is 13.4. The molecule has 13 heteroatoms. The van der Waals surface area contributed by atoms with Crippen molar-refractivity contribution in [1.82, 2.24) is 16.0 Å². The zero-order valence-electron chi connectivity index (χ0n) is 19.3. The summed E-state index contributed by atoms with van der Waals surface area (Å²) in [6, 6.07) is 3.95. The number of unbranched alkanes of at least 4 members (excludes halogenated alkanes) is 1. The van der Waals surface area contributed by atoms with E-state index in [0.29, 0.717) is 24.9 Å². The maximum Gasteiger partial charge on any atom is 0.326 e. The van der Waals surface area contributed by atoms with Gasteiger partial charge in [0.15, 0.2) is 0 Å². The van der Waals surface area contributed by atoms with E-state index in [1.807, 2.05) is 0 Å². The number of carboxylic acids is 1. The molecule has 4 atom stereocenters. The molecule has 0 spiro atoms. The molecule has 0 saturated heterocycles. The molecule has 194 valence electrons. The first-order valence-electron chi connectivity index (χ1n) is 11.1. The number of hydrogen-bond acceptors (Lipinski definition) is 8. The molecule has 1 aromatic rings. The van der Waals surface area contributed by atoms with Gasteiger partial charge >= 0.3 is 5.97 Å². The van der Waals surface area contributed by atoms with E-state index in [9.17, 15) is 29.1 Å². The van der Waals surface area contributed by atoms with Crippen molar-refractivity contribution in [2.75, 3.05) is 12.3 Å². The van der Waals surface area contributed by atoms with Crippen LogP contribution in [0.4, 0.5) is 0 Å². The molecular weight excluding hydrogens is 476 g/mol. The van der Waals surface area contributed by atoms with E-state index in [-0.39, 0.29) is 18.6 Å². The number of thiol groups is 1. The second kappa shape index (κ2) is 15.7. The van der Waals surface area contributed by atoms with Gasteiger partial charge in [0.2, 0.25) is 23.6 Å². The maximum atomic E-state index is 13.0. The lowest BCUT2D eigenvalue weighted by Gasteiger charge is -2.25. The van der Waals surface area contributed by atoms with Gasteiger partial charge in [0.25, 0.3) is 0 Å².